The molecule has 1 aromatic heterocycles. The summed E-state index contributed by atoms with van der Waals surface area (Å²) in [6.07, 6.45) is 2.82. The van der Waals surface area contributed by atoms with Crippen molar-refractivity contribution >= 4 is 17.7 Å². The van der Waals surface area contributed by atoms with Gasteiger partial charge >= 0.3 is 5.97 Å². The van der Waals surface area contributed by atoms with E-state index in [0.29, 0.717) is 12.4 Å². The van der Waals surface area contributed by atoms with Crippen molar-refractivity contribution in [2.75, 3.05) is 12.4 Å². The van der Waals surface area contributed by atoms with Crippen LogP contribution in [0.4, 0.5) is 0 Å². The van der Waals surface area contributed by atoms with Gasteiger partial charge in [0.15, 0.2) is 0 Å². The minimum atomic E-state index is -1.00. The summed E-state index contributed by atoms with van der Waals surface area (Å²) in [6, 6.07) is 9.78. The molecule has 2 aromatic rings. The van der Waals surface area contributed by atoms with Gasteiger partial charge in [-0.2, -0.15) is 0 Å². The molecule has 0 spiro atoms. The third kappa shape index (κ3) is 4.28. The highest BCUT2D eigenvalue weighted by molar-refractivity contribution is 7.99. The van der Waals surface area contributed by atoms with Crippen molar-refractivity contribution in [3.63, 3.8) is 0 Å². The molecule has 0 saturated heterocycles. The maximum absolute atomic E-state index is 10.8. The molecule has 0 amide bonds. The Hall–Kier alpha value is -2.01. The summed E-state index contributed by atoms with van der Waals surface area (Å²) in [5, 5.41) is 8.85. The van der Waals surface area contributed by atoms with Gasteiger partial charge in [0.2, 0.25) is 0 Å². The van der Waals surface area contributed by atoms with Gasteiger partial charge in [0, 0.05) is 16.8 Å². The Bertz CT molecular complexity index is 584. The Morgan fingerprint density at radius 1 is 1.30 bits per heavy atom. The predicted octanol–water partition coefficient (Wildman–Crippen LogP) is 3.26. The number of thioether (sulfide) groups is 1. The summed E-state index contributed by atoms with van der Waals surface area (Å²) in [4.78, 5) is 15.8. The molecule has 104 valence electrons. The summed E-state index contributed by atoms with van der Waals surface area (Å²) < 4.78 is 5.50. The molecule has 1 aromatic carbocycles. The Morgan fingerprint density at radius 3 is 2.75 bits per heavy atom. The number of aryl methyl sites for hydroxylation is 1. The molecule has 0 bridgehead atoms. The number of hydrogen-bond donors (Lipinski definition) is 1. The van der Waals surface area contributed by atoms with Crippen molar-refractivity contribution in [3.05, 3.63) is 53.9 Å². The third-order valence-electron chi connectivity index (χ3n) is 2.60. The lowest BCUT2D eigenvalue weighted by Gasteiger charge is -2.06. The summed E-state index contributed by atoms with van der Waals surface area (Å²) >= 11 is 1.70. The number of aromatic carboxylic acids is 1. The fourth-order valence-corrected chi connectivity index (χ4v) is 2.30. The first-order valence-electron chi connectivity index (χ1n) is 6.16. The van der Waals surface area contributed by atoms with E-state index in [4.69, 9.17) is 9.84 Å². The van der Waals surface area contributed by atoms with E-state index in [-0.39, 0.29) is 5.56 Å². The summed E-state index contributed by atoms with van der Waals surface area (Å²) in [7, 11) is 0. The normalized spacial score (nSPS) is 10.2. The Kier molecular flexibility index (Phi) is 5.01. The first-order chi connectivity index (χ1) is 9.65. The van der Waals surface area contributed by atoms with Gasteiger partial charge in [-0.15, -0.1) is 11.8 Å². The Morgan fingerprint density at radius 2 is 2.05 bits per heavy atom. The van der Waals surface area contributed by atoms with E-state index in [9.17, 15) is 4.79 Å². The van der Waals surface area contributed by atoms with Crippen LogP contribution in [0.1, 0.15) is 15.9 Å². The zero-order chi connectivity index (χ0) is 14.4. The number of rotatable bonds is 6. The predicted molar refractivity (Wildman–Crippen MR) is 78.6 cm³/mol. The second-order valence-electron chi connectivity index (χ2n) is 4.22. The van der Waals surface area contributed by atoms with Crippen molar-refractivity contribution in [1.82, 2.24) is 4.98 Å². The van der Waals surface area contributed by atoms with Crippen LogP contribution in [0.15, 0.2) is 47.6 Å². The molecule has 0 radical (unpaired) electrons. The fourth-order valence-electron chi connectivity index (χ4n) is 1.57. The first kappa shape index (κ1) is 14.4. The molecular formula is C15H15NO3S. The molecule has 0 aliphatic carbocycles. The lowest BCUT2D eigenvalue weighted by Crippen LogP contribution is -2.03. The van der Waals surface area contributed by atoms with E-state index in [0.717, 1.165) is 5.75 Å². The van der Waals surface area contributed by atoms with Crippen LogP contribution >= 0.6 is 11.8 Å². The Balaban J connectivity index is 1.79. The van der Waals surface area contributed by atoms with Crippen molar-refractivity contribution in [2.45, 2.75) is 11.8 Å². The highest BCUT2D eigenvalue weighted by Crippen LogP contribution is 2.18. The monoisotopic (exact) mass is 289 g/mol. The molecule has 0 aliphatic heterocycles. The summed E-state index contributed by atoms with van der Waals surface area (Å²) in [6.45, 7) is 2.56. The maximum Gasteiger partial charge on any atom is 0.337 e. The first-order valence-corrected chi connectivity index (χ1v) is 7.14. The number of carboxylic acids is 1. The lowest BCUT2D eigenvalue weighted by molar-refractivity contribution is 0.0696. The molecule has 0 aliphatic rings. The molecule has 4 nitrogen and oxygen atoms in total. The summed E-state index contributed by atoms with van der Waals surface area (Å²) in [5.74, 6) is 0.270. The van der Waals surface area contributed by atoms with Gasteiger partial charge in [-0.1, -0.05) is 17.7 Å². The largest absolute Gasteiger partial charge is 0.491 e. The summed E-state index contributed by atoms with van der Waals surface area (Å²) in [5.41, 5.74) is 1.37. The van der Waals surface area contributed by atoms with E-state index < -0.39 is 5.97 Å². The van der Waals surface area contributed by atoms with Crippen LogP contribution in [-0.2, 0) is 0 Å². The van der Waals surface area contributed by atoms with Crippen LogP contribution in [-0.4, -0.2) is 28.4 Å². The number of hydrogen-bond acceptors (Lipinski definition) is 4. The van der Waals surface area contributed by atoms with Crippen molar-refractivity contribution < 1.29 is 14.6 Å². The lowest BCUT2D eigenvalue weighted by atomic mass is 10.2. The molecule has 1 heterocycles. The number of carboxylic acid groups (broad SMARTS) is 1. The van der Waals surface area contributed by atoms with Gasteiger partial charge in [0.1, 0.15) is 5.75 Å². The molecule has 5 heteroatoms. The molecule has 0 unspecified atom stereocenters. The van der Waals surface area contributed by atoms with Gasteiger partial charge in [-0.25, -0.2) is 4.79 Å². The number of benzene rings is 1. The highest BCUT2D eigenvalue weighted by atomic mass is 32.2. The van der Waals surface area contributed by atoms with Gasteiger partial charge in [-0.3, -0.25) is 4.98 Å². The van der Waals surface area contributed by atoms with Crippen molar-refractivity contribution in [2.24, 2.45) is 0 Å². The standard InChI is InChI=1S/C15H15NO3S/c1-11-2-4-14(5-3-11)20-7-6-19-13-8-12(15(17)18)9-16-10-13/h2-5,8-10H,6-7H2,1H3,(H,17,18). The molecule has 0 fully saturated rings. The quantitative estimate of drug-likeness (QED) is 0.653. The van der Waals surface area contributed by atoms with Crippen LogP contribution in [0.3, 0.4) is 0 Å². The van der Waals surface area contributed by atoms with Crippen LogP contribution in [0.5, 0.6) is 5.75 Å². The van der Waals surface area contributed by atoms with Crippen LogP contribution < -0.4 is 4.74 Å². The highest BCUT2D eigenvalue weighted by Gasteiger charge is 2.04. The van der Waals surface area contributed by atoms with E-state index in [2.05, 4.69) is 36.2 Å². The van der Waals surface area contributed by atoms with Gasteiger partial charge in [0.05, 0.1) is 18.4 Å². The number of aromatic nitrogens is 1. The number of ether oxygens (including phenoxy) is 1. The minimum absolute atomic E-state index is 0.133. The van der Waals surface area contributed by atoms with E-state index in [1.165, 1.54) is 28.9 Å². The Labute approximate surface area is 121 Å². The van der Waals surface area contributed by atoms with Crippen LogP contribution in [0, 0.1) is 6.92 Å². The van der Waals surface area contributed by atoms with E-state index in [1.807, 2.05) is 0 Å². The molecule has 0 saturated carbocycles. The second-order valence-corrected chi connectivity index (χ2v) is 5.39. The maximum atomic E-state index is 10.8. The third-order valence-corrected chi connectivity index (χ3v) is 3.58. The zero-order valence-corrected chi connectivity index (χ0v) is 11.9. The molecule has 2 rings (SSSR count). The van der Waals surface area contributed by atoms with Crippen LogP contribution in [0.2, 0.25) is 0 Å². The van der Waals surface area contributed by atoms with E-state index in [1.54, 1.807) is 11.8 Å². The van der Waals surface area contributed by atoms with Gasteiger partial charge < -0.3 is 9.84 Å². The number of nitrogens with zero attached hydrogens (tertiary/aromatic N) is 1. The molecule has 0 atom stereocenters. The molecular weight excluding hydrogens is 274 g/mol. The zero-order valence-electron chi connectivity index (χ0n) is 11.1. The molecule has 20 heavy (non-hydrogen) atoms. The van der Waals surface area contributed by atoms with Crippen molar-refractivity contribution in [1.29, 1.82) is 0 Å². The number of carbonyl (C=O) groups is 1. The van der Waals surface area contributed by atoms with Crippen molar-refractivity contribution in [3.8, 4) is 5.75 Å². The topological polar surface area (TPSA) is 59.4 Å². The van der Waals surface area contributed by atoms with Crippen LogP contribution in [0.25, 0.3) is 0 Å². The smallest absolute Gasteiger partial charge is 0.337 e. The van der Waals surface area contributed by atoms with Gasteiger partial charge in [-0.05, 0) is 25.1 Å². The average Bonchev–Trinajstić information content (AvgIpc) is 2.46. The van der Waals surface area contributed by atoms with E-state index >= 15 is 0 Å². The molecule has 1 N–H and O–H groups in total. The minimum Gasteiger partial charge on any atom is -0.491 e. The number of pyridine rings is 1. The fraction of sp³-hybridized carbons (Fsp3) is 0.200. The van der Waals surface area contributed by atoms with Gasteiger partial charge in [0.25, 0.3) is 0 Å². The second kappa shape index (κ2) is 6.96. The average molecular weight is 289 g/mol. The SMILES string of the molecule is Cc1ccc(SCCOc2cncc(C(=O)O)c2)cc1.